The van der Waals surface area contributed by atoms with Crippen LogP contribution in [0.15, 0.2) is 28.0 Å². The number of hydrogen-bond acceptors (Lipinski definition) is 2. The maximum atomic E-state index is 11.9. The topological polar surface area (TPSA) is 39.3 Å². The van der Waals surface area contributed by atoms with Crippen LogP contribution in [0.5, 0.6) is 0 Å². The summed E-state index contributed by atoms with van der Waals surface area (Å²) in [6.45, 7) is 7.76. The molecule has 1 heterocycles. The number of hydrogen-bond donors (Lipinski definition) is 0. The average Bonchev–Trinajstić information content (AvgIpc) is 3.41. The highest BCUT2D eigenvalue weighted by atomic mass is 16.1. The molecule has 1 saturated carbocycles. The smallest absolute Gasteiger partial charge is 0.296 e. The zero-order valence-electron chi connectivity index (χ0n) is 14.6. The Kier molecular flexibility index (Phi) is 4.56. The molecule has 1 aliphatic rings. The fraction of sp³-hybridized carbons (Fsp3) is 0.400. The van der Waals surface area contributed by atoms with Crippen LogP contribution in [0.25, 0.3) is 12.7 Å². The van der Waals surface area contributed by atoms with Crippen LogP contribution < -0.4 is 16.4 Å². The van der Waals surface area contributed by atoms with E-state index in [1.165, 1.54) is 24.0 Å². The summed E-state index contributed by atoms with van der Waals surface area (Å²) in [6, 6.07) is 6.48. The van der Waals surface area contributed by atoms with E-state index in [0.717, 1.165) is 35.6 Å². The molecule has 0 aliphatic heterocycles. The number of aliphatic imine (C=N–C) groups is 1. The molecular formula is C20H25N3O. The van der Waals surface area contributed by atoms with Gasteiger partial charge in [0.25, 0.3) is 0 Å². The third-order valence-electron chi connectivity index (χ3n) is 4.95. The molecule has 0 bridgehead atoms. The number of imidazole rings is 1. The minimum absolute atomic E-state index is 0.0264. The molecule has 0 spiro atoms. The van der Waals surface area contributed by atoms with Gasteiger partial charge in [0.15, 0.2) is 0 Å². The van der Waals surface area contributed by atoms with Crippen molar-refractivity contribution in [1.29, 1.82) is 0 Å². The van der Waals surface area contributed by atoms with Crippen LogP contribution >= 0.6 is 0 Å². The van der Waals surface area contributed by atoms with E-state index in [0.29, 0.717) is 5.92 Å². The molecule has 0 N–H and O–H groups in total. The van der Waals surface area contributed by atoms with Gasteiger partial charge in [-0.15, -0.1) is 0 Å². The summed E-state index contributed by atoms with van der Waals surface area (Å²) < 4.78 is 3.25. The Morgan fingerprint density at radius 3 is 2.62 bits per heavy atom. The van der Waals surface area contributed by atoms with E-state index in [1.807, 2.05) is 0 Å². The largest absolute Gasteiger partial charge is 0.328 e. The van der Waals surface area contributed by atoms with Crippen molar-refractivity contribution in [2.45, 2.75) is 38.0 Å². The molecule has 24 heavy (non-hydrogen) atoms. The third-order valence-corrected chi connectivity index (χ3v) is 4.95. The quantitative estimate of drug-likeness (QED) is 0.593. The Morgan fingerprint density at radius 2 is 2.04 bits per heavy atom. The summed E-state index contributed by atoms with van der Waals surface area (Å²) >= 11 is 0. The van der Waals surface area contributed by atoms with E-state index in [-0.39, 0.29) is 5.69 Å². The second-order valence-electron chi connectivity index (χ2n) is 6.62. The first-order valence-electron chi connectivity index (χ1n) is 8.54. The van der Waals surface area contributed by atoms with Gasteiger partial charge in [0, 0.05) is 14.1 Å². The van der Waals surface area contributed by atoms with Crippen LogP contribution in [0.2, 0.25) is 0 Å². The molecule has 2 aromatic rings. The van der Waals surface area contributed by atoms with Crippen LogP contribution in [-0.2, 0) is 20.5 Å². The van der Waals surface area contributed by atoms with Crippen molar-refractivity contribution in [3.8, 4) is 0 Å². The molecule has 4 nitrogen and oxygen atoms in total. The summed E-state index contributed by atoms with van der Waals surface area (Å²) in [7, 11) is 3.55. The number of nitrogens with zero attached hydrogens (tertiary/aromatic N) is 3. The lowest BCUT2D eigenvalue weighted by Gasteiger charge is -2.09. The number of unbranched alkanes of at least 4 members (excludes halogenated alkanes) is 1. The second kappa shape index (κ2) is 6.63. The number of rotatable bonds is 6. The summed E-state index contributed by atoms with van der Waals surface area (Å²) in [6.07, 6.45) is 7.54. The molecule has 4 heteroatoms. The van der Waals surface area contributed by atoms with Gasteiger partial charge in [-0.2, -0.15) is 0 Å². The predicted molar refractivity (Wildman–Crippen MR) is 100 cm³/mol. The number of para-hydroxylation sites is 1. The maximum Gasteiger partial charge on any atom is 0.328 e. The van der Waals surface area contributed by atoms with Crippen LogP contribution in [0.1, 0.15) is 42.7 Å². The monoisotopic (exact) mass is 323 g/mol. The second-order valence-corrected chi connectivity index (χ2v) is 6.62. The summed E-state index contributed by atoms with van der Waals surface area (Å²) in [5.74, 6) is 0.685. The van der Waals surface area contributed by atoms with Crippen molar-refractivity contribution < 1.29 is 0 Å². The van der Waals surface area contributed by atoms with Gasteiger partial charge in [-0.25, -0.2) is 4.79 Å². The highest BCUT2D eigenvalue weighted by Gasteiger charge is 2.26. The third kappa shape index (κ3) is 3.01. The van der Waals surface area contributed by atoms with Crippen LogP contribution in [0.4, 0.5) is 5.69 Å². The standard InChI is InChI=1S/C20H25N3O/c1-14-18(23(4)20(24)22(14)3)11-6-5-8-16-9-7-10-17(15-12-13-15)19(16)21-2/h7,9-11,15H,1-2,5-6,8,12-13H2,3-4H3/b18-11+. The van der Waals surface area contributed by atoms with Crippen molar-refractivity contribution in [3.05, 3.63) is 50.5 Å². The Hall–Kier alpha value is -2.36. The molecule has 126 valence electrons. The Morgan fingerprint density at radius 1 is 1.29 bits per heavy atom. The Labute approximate surface area is 142 Å². The summed E-state index contributed by atoms with van der Waals surface area (Å²) in [5.41, 5.74) is 3.70. The lowest BCUT2D eigenvalue weighted by atomic mass is 9.99. The van der Waals surface area contributed by atoms with E-state index in [2.05, 4.69) is 42.6 Å². The maximum absolute atomic E-state index is 11.9. The van der Waals surface area contributed by atoms with E-state index in [1.54, 1.807) is 23.2 Å². The minimum atomic E-state index is -0.0264. The molecule has 0 atom stereocenters. The van der Waals surface area contributed by atoms with Crippen molar-refractivity contribution in [2.75, 3.05) is 0 Å². The predicted octanol–water partition coefficient (Wildman–Crippen LogP) is 2.15. The van der Waals surface area contributed by atoms with E-state index < -0.39 is 0 Å². The van der Waals surface area contributed by atoms with Crippen molar-refractivity contribution >= 4 is 25.1 Å². The first-order chi connectivity index (χ1) is 11.5. The van der Waals surface area contributed by atoms with Gasteiger partial charge in [0.2, 0.25) is 0 Å². The van der Waals surface area contributed by atoms with Gasteiger partial charge in [0.05, 0.1) is 16.4 Å². The van der Waals surface area contributed by atoms with Gasteiger partial charge in [-0.1, -0.05) is 30.9 Å². The summed E-state index contributed by atoms with van der Waals surface area (Å²) in [4.78, 5) is 16.2. The lowest BCUT2D eigenvalue weighted by molar-refractivity contribution is 0.760. The van der Waals surface area contributed by atoms with Gasteiger partial charge in [-0.05, 0) is 55.9 Å². The lowest BCUT2D eigenvalue weighted by Crippen LogP contribution is -2.30. The molecule has 0 radical (unpaired) electrons. The van der Waals surface area contributed by atoms with Crippen LogP contribution in [-0.4, -0.2) is 15.9 Å². The normalized spacial score (nSPS) is 15.0. The van der Waals surface area contributed by atoms with Crippen molar-refractivity contribution in [3.63, 3.8) is 0 Å². The molecule has 3 rings (SSSR count). The average molecular weight is 323 g/mol. The SMILES string of the molecule is C=Nc1c(CCC/C=c2\c(=C)n(C)c(=O)n2C)cccc1C1CC1. The first-order valence-corrected chi connectivity index (χ1v) is 8.54. The minimum Gasteiger partial charge on any atom is -0.296 e. The number of aromatic nitrogens is 2. The zero-order chi connectivity index (χ0) is 17.3. The molecule has 0 amide bonds. The Bertz CT molecular complexity index is 929. The highest BCUT2D eigenvalue weighted by molar-refractivity contribution is 5.59. The van der Waals surface area contributed by atoms with Crippen molar-refractivity contribution in [1.82, 2.24) is 9.13 Å². The van der Waals surface area contributed by atoms with Crippen LogP contribution in [0.3, 0.4) is 0 Å². The number of benzene rings is 1. The van der Waals surface area contributed by atoms with Crippen LogP contribution in [0, 0.1) is 0 Å². The first kappa shape index (κ1) is 16.5. The van der Waals surface area contributed by atoms with E-state index in [9.17, 15) is 4.79 Å². The molecule has 1 aromatic carbocycles. The van der Waals surface area contributed by atoms with Gasteiger partial charge in [0.1, 0.15) is 0 Å². The van der Waals surface area contributed by atoms with Gasteiger partial charge >= 0.3 is 5.69 Å². The van der Waals surface area contributed by atoms with E-state index >= 15 is 0 Å². The van der Waals surface area contributed by atoms with Crippen molar-refractivity contribution in [2.24, 2.45) is 19.1 Å². The Balaban J connectivity index is 1.74. The molecule has 1 fully saturated rings. The molecular weight excluding hydrogens is 298 g/mol. The molecule has 0 unspecified atom stereocenters. The molecule has 1 aliphatic carbocycles. The summed E-state index contributed by atoms with van der Waals surface area (Å²) in [5, 5.41) is 1.68. The van der Waals surface area contributed by atoms with Gasteiger partial charge in [-0.3, -0.25) is 14.1 Å². The number of aryl methyl sites for hydroxylation is 1. The van der Waals surface area contributed by atoms with Gasteiger partial charge < -0.3 is 0 Å². The fourth-order valence-electron chi connectivity index (χ4n) is 3.32. The highest BCUT2D eigenvalue weighted by Crippen LogP contribution is 2.45. The molecule has 1 aromatic heterocycles. The molecule has 0 saturated heterocycles. The fourth-order valence-corrected chi connectivity index (χ4v) is 3.32. The zero-order valence-corrected chi connectivity index (χ0v) is 14.6. The van der Waals surface area contributed by atoms with E-state index in [4.69, 9.17) is 0 Å².